The molecule has 1 aliphatic carbocycles. The summed E-state index contributed by atoms with van der Waals surface area (Å²) in [6.07, 6.45) is 0.115. The molecule has 1 fully saturated rings. The number of nitrogens with one attached hydrogen (secondary N) is 1. The minimum Gasteiger partial charge on any atom is -0.480 e. The third kappa shape index (κ3) is 3.94. The third-order valence-corrected chi connectivity index (χ3v) is 5.83. The molecule has 5 rings (SSSR count). The lowest BCUT2D eigenvalue weighted by molar-refractivity contribution is -0.140. The van der Waals surface area contributed by atoms with Gasteiger partial charge in [0.2, 0.25) is 11.5 Å². The summed E-state index contributed by atoms with van der Waals surface area (Å²) in [5.41, 5.74) is -0.0897. The maximum absolute atomic E-state index is 12.2. The number of benzene rings is 1. The van der Waals surface area contributed by atoms with Crippen LogP contribution in [0.2, 0.25) is 0 Å². The highest BCUT2D eigenvalue weighted by atomic mass is 32.1. The zero-order chi connectivity index (χ0) is 23.7. The minimum atomic E-state index is -1.11. The number of oxazole rings is 2. The fraction of sp³-hybridized carbons (Fsp3) is 0.182. The average molecular weight is 475 g/mol. The van der Waals surface area contributed by atoms with Crippen molar-refractivity contribution in [1.29, 1.82) is 5.26 Å². The van der Waals surface area contributed by atoms with Gasteiger partial charge in [-0.3, -0.25) is 10.1 Å². The van der Waals surface area contributed by atoms with Crippen LogP contribution < -0.4 is 5.32 Å². The molecule has 34 heavy (non-hydrogen) atoms. The van der Waals surface area contributed by atoms with Crippen molar-refractivity contribution in [2.45, 2.75) is 24.9 Å². The SMILES string of the molecule is N#Cc1nsc(C#Cc2nc3nc(C4(C(=O)O)CC4)oc3o2)c1NC(=O)OCc1ccccc1. The number of rotatable bonds is 5. The highest BCUT2D eigenvalue weighted by molar-refractivity contribution is 7.07. The molecule has 0 spiro atoms. The Morgan fingerprint density at radius 1 is 1.21 bits per heavy atom. The van der Waals surface area contributed by atoms with E-state index in [1.165, 1.54) is 0 Å². The van der Waals surface area contributed by atoms with Gasteiger partial charge in [0.15, 0.2) is 5.69 Å². The van der Waals surface area contributed by atoms with Gasteiger partial charge in [-0.05, 0) is 41.8 Å². The van der Waals surface area contributed by atoms with Crippen LogP contribution in [-0.4, -0.2) is 31.5 Å². The molecule has 1 aliphatic rings. The van der Waals surface area contributed by atoms with Gasteiger partial charge in [0.25, 0.3) is 5.89 Å². The van der Waals surface area contributed by atoms with Crippen LogP contribution in [0, 0.1) is 23.2 Å². The van der Waals surface area contributed by atoms with Crippen LogP contribution >= 0.6 is 11.5 Å². The predicted molar refractivity (Wildman–Crippen MR) is 116 cm³/mol. The monoisotopic (exact) mass is 475 g/mol. The Hall–Kier alpha value is -4.68. The van der Waals surface area contributed by atoms with Crippen molar-refractivity contribution in [2.75, 3.05) is 5.32 Å². The normalized spacial score (nSPS) is 13.5. The summed E-state index contributed by atoms with van der Waals surface area (Å²) >= 11 is 0.913. The molecule has 3 heterocycles. The number of carbonyl (C=O) groups is 2. The molecule has 2 N–H and O–H groups in total. The minimum absolute atomic E-state index is 0.0122. The van der Waals surface area contributed by atoms with E-state index in [9.17, 15) is 20.0 Å². The summed E-state index contributed by atoms with van der Waals surface area (Å²) in [5.74, 6) is 4.42. The summed E-state index contributed by atoms with van der Waals surface area (Å²) in [5, 5.41) is 21.2. The van der Waals surface area contributed by atoms with Crippen molar-refractivity contribution in [3.8, 4) is 17.9 Å². The first-order valence-corrected chi connectivity index (χ1v) is 10.7. The van der Waals surface area contributed by atoms with Gasteiger partial charge in [-0.15, -0.1) is 0 Å². The van der Waals surface area contributed by atoms with Crippen molar-refractivity contribution in [3.63, 3.8) is 0 Å². The van der Waals surface area contributed by atoms with Crippen LogP contribution in [-0.2, 0) is 21.6 Å². The van der Waals surface area contributed by atoms with Crippen molar-refractivity contribution < 1.29 is 28.3 Å². The van der Waals surface area contributed by atoms with E-state index in [4.69, 9.17) is 13.6 Å². The van der Waals surface area contributed by atoms with Crippen LogP contribution in [0.4, 0.5) is 10.5 Å². The zero-order valence-corrected chi connectivity index (χ0v) is 18.0. The molecule has 168 valence electrons. The fourth-order valence-electron chi connectivity index (χ4n) is 3.08. The van der Waals surface area contributed by atoms with E-state index in [0.717, 1.165) is 17.1 Å². The van der Waals surface area contributed by atoms with Crippen molar-refractivity contribution in [2.24, 2.45) is 0 Å². The van der Waals surface area contributed by atoms with E-state index in [2.05, 4.69) is 31.5 Å². The molecular weight excluding hydrogens is 462 g/mol. The largest absolute Gasteiger partial charge is 0.480 e. The Morgan fingerprint density at radius 2 is 2.00 bits per heavy atom. The maximum atomic E-state index is 12.2. The molecule has 1 amide bonds. The Bertz CT molecular complexity index is 1480. The number of hydrogen-bond acceptors (Lipinski definition) is 10. The molecule has 12 heteroatoms. The lowest BCUT2D eigenvalue weighted by atomic mass is 10.1. The molecule has 0 radical (unpaired) electrons. The van der Waals surface area contributed by atoms with E-state index in [1.54, 1.807) is 0 Å². The standard InChI is InChI=1S/C22H13N5O6S/c23-10-13-16(25-21(30)31-11-12-4-2-1-3-5-12)14(34-27-13)6-7-15-24-17-18(32-15)33-19(26-17)22(8-9-22)20(28)29/h1-5H,8-9,11H2,(H,25,30)(H,28,29). The van der Waals surface area contributed by atoms with E-state index in [0.29, 0.717) is 17.7 Å². The highest BCUT2D eigenvalue weighted by Gasteiger charge is 2.56. The number of aliphatic carboxylic acids is 1. The summed E-state index contributed by atoms with van der Waals surface area (Å²) in [7, 11) is 0. The van der Waals surface area contributed by atoms with Gasteiger partial charge in [0, 0.05) is 0 Å². The number of hydrogen-bond donors (Lipinski definition) is 2. The lowest BCUT2D eigenvalue weighted by Crippen LogP contribution is -2.19. The van der Waals surface area contributed by atoms with E-state index in [-0.39, 0.29) is 41.2 Å². The number of carboxylic acid groups (broad SMARTS) is 1. The first kappa shape index (κ1) is 21.2. The Labute approximate surface area is 195 Å². The molecule has 4 aromatic rings. The molecule has 0 aliphatic heterocycles. The molecule has 1 saturated carbocycles. The van der Waals surface area contributed by atoms with Crippen molar-refractivity contribution in [3.05, 3.63) is 58.2 Å². The van der Waals surface area contributed by atoms with Gasteiger partial charge in [-0.2, -0.15) is 19.6 Å². The van der Waals surface area contributed by atoms with Crippen molar-refractivity contribution >= 4 is 40.7 Å². The number of nitrogens with zero attached hydrogens (tertiary/aromatic N) is 4. The number of aromatic nitrogens is 3. The van der Waals surface area contributed by atoms with Gasteiger partial charge in [-0.1, -0.05) is 30.3 Å². The Balaban J connectivity index is 1.32. The lowest BCUT2D eigenvalue weighted by Gasteiger charge is -2.06. The molecule has 0 saturated heterocycles. The Kier molecular flexibility index (Phi) is 5.20. The zero-order valence-electron chi connectivity index (χ0n) is 17.2. The number of carboxylic acids is 1. The van der Waals surface area contributed by atoms with Crippen LogP contribution in [0.3, 0.4) is 0 Å². The van der Waals surface area contributed by atoms with Crippen LogP contribution in [0.15, 0.2) is 39.2 Å². The number of nitriles is 1. The second kappa shape index (κ2) is 8.35. The highest BCUT2D eigenvalue weighted by Crippen LogP contribution is 2.48. The van der Waals surface area contributed by atoms with Gasteiger partial charge in [-0.25, -0.2) is 4.79 Å². The number of ether oxygens (including phenoxy) is 1. The number of fused-ring (bicyclic) bond motifs is 1. The van der Waals surface area contributed by atoms with Crippen LogP contribution in [0.25, 0.3) is 11.4 Å². The van der Waals surface area contributed by atoms with E-state index in [1.807, 2.05) is 36.4 Å². The molecule has 3 aromatic heterocycles. The second-order valence-electron chi connectivity index (χ2n) is 7.32. The summed E-state index contributed by atoms with van der Waals surface area (Å²) < 4.78 is 20.0. The summed E-state index contributed by atoms with van der Waals surface area (Å²) in [6.45, 7) is 0.0562. The van der Waals surface area contributed by atoms with Gasteiger partial charge in [0.05, 0.1) is 0 Å². The topological polar surface area (TPSA) is 164 Å². The number of carbonyl (C=O) groups excluding carboxylic acids is 1. The fourth-order valence-corrected chi connectivity index (χ4v) is 3.73. The maximum Gasteiger partial charge on any atom is 0.412 e. The first-order chi connectivity index (χ1) is 16.5. The third-order valence-electron chi connectivity index (χ3n) is 5.07. The molecule has 0 unspecified atom stereocenters. The first-order valence-electron chi connectivity index (χ1n) is 9.89. The quantitative estimate of drug-likeness (QED) is 0.409. The smallest absolute Gasteiger partial charge is 0.412 e. The molecule has 1 aromatic carbocycles. The van der Waals surface area contributed by atoms with Crippen LogP contribution in [0.5, 0.6) is 0 Å². The van der Waals surface area contributed by atoms with E-state index < -0.39 is 17.5 Å². The number of anilines is 1. The number of amides is 1. The van der Waals surface area contributed by atoms with Gasteiger partial charge >= 0.3 is 17.8 Å². The molecule has 0 atom stereocenters. The second-order valence-corrected chi connectivity index (χ2v) is 8.09. The van der Waals surface area contributed by atoms with Crippen LogP contribution in [0.1, 0.15) is 40.8 Å². The molecule has 11 nitrogen and oxygen atoms in total. The van der Waals surface area contributed by atoms with Gasteiger partial charge < -0.3 is 18.7 Å². The van der Waals surface area contributed by atoms with Gasteiger partial charge in [0.1, 0.15) is 28.7 Å². The average Bonchev–Trinajstić information content (AvgIpc) is 3.23. The summed E-state index contributed by atoms with van der Waals surface area (Å²) in [4.78, 5) is 32.1. The molecule has 0 bridgehead atoms. The van der Waals surface area contributed by atoms with Crippen molar-refractivity contribution in [1.82, 2.24) is 14.3 Å². The predicted octanol–water partition coefficient (Wildman–Crippen LogP) is 3.41. The molecular formula is C22H13N5O6S. The summed E-state index contributed by atoms with van der Waals surface area (Å²) in [6, 6.07) is 11.0. The van der Waals surface area contributed by atoms with E-state index >= 15 is 0 Å². The Morgan fingerprint density at radius 3 is 2.68 bits per heavy atom.